The minimum atomic E-state index is -1.03. The van der Waals surface area contributed by atoms with E-state index in [0.717, 1.165) is 16.1 Å². The normalized spacial score (nSPS) is 12.9. The highest BCUT2D eigenvalue weighted by Crippen LogP contribution is 2.39. The molecule has 0 saturated carbocycles. The number of carbonyl (C=O) groups is 2. The van der Waals surface area contributed by atoms with E-state index in [1.165, 1.54) is 40.4 Å². The van der Waals surface area contributed by atoms with Gasteiger partial charge in [-0.3, -0.25) is 14.9 Å². The van der Waals surface area contributed by atoms with Crippen molar-refractivity contribution >= 4 is 62.4 Å². The molecule has 11 nitrogen and oxygen atoms in total. The fraction of sp³-hybridized carbons (Fsp3) is 0.182. The van der Waals surface area contributed by atoms with Gasteiger partial charge in [-0.2, -0.15) is 0 Å². The lowest BCUT2D eigenvalue weighted by Crippen LogP contribution is -2.38. The molecule has 3 amide bonds. The van der Waals surface area contributed by atoms with E-state index in [0.29, 0.717) is 46.5 Å². The molecule has 0 aliphatic carbocycles. The molecule has 0 spiro atoms. The molecule has 2 N–H and O–H groups in total. The van der Waals surface area contributed by atoms with Crippen molar-refractivity contribution < 1.29 is 28.6 Å². The standard InChI is InChI=1S/C33H29FN6O5S2/c1-44-16-15-38(33(42)43)20-21-7-9-25(36-19-21)29-18-26-30(47-29)28(11-12-35-26)45-27-10-8-22(17-24(27)34)37-31(41)40-14-13-39(32(40)46)23-5-3-2-4-6-23/h2-12,17-19H,13-16,20H2,1H3,(H,37,41)(H,42,43). The van der Waals surface area contributed by atoms with Crippen molar-refractivity contribution in [2.24, 2.45) is 0 Å². The van der Waals surface area contributed by atoms with Gasteiger partial charge in [-0.25, -0.2) is 14.0 Å². The van der Waals surface area contributed by atoms with Crippen LogP contribution in [-0.2, 0) is 11.3 Å². The van der Waals surface area contributed by atoms with Crippen LogP contribution in [-0.4, -0.2) is 75.5 Å². The first kappa shape index (κ1) is 31.8. The molecular formula is C33H29FN6O5S2. The molecule has 6 rings (SSSR count). The number of methoxy groups -OCH3 is 1. The Kier molecular flexibility index (Phi) is 9.52. The van der Waals surface area contributed by atoms with Crippen LogP contribution in [0.3, 0.4) is 0 Å². The van der Waals surface area contributed by atoms with Crippen molar-refractivity contribution in [1.29, 1.82) is 0 Å². The topological polar surface area (TPSA) is 120 Å². The number of hydrogen-bond acceptors (Lipinski definition) is 8. The summed E-state index contributed by atoms with van der Waals surface area (Å²) in [6.45, 7) is 1.69. The van der Waals surface area contributed by atoms with E-state index < -0.39 is 17.9 Å². The number of rotatable bonds is 10. The number of carboxylic acid groups (broad SMARTS) is 1. The lowest BCUT2D eigenvalue weighted by Gasteiger charge is -2.21. The van der Waals surface area contributed by atoms with Crippen LogP contribution >= 0.6 is 23.6 Å². The maximum atomic E-state index is 15.2. The molecule has 0 atom stereocenters. The summed E-state index contributed by atoms with van der Waals surface area (Å²) in [5, 5.41) is 12.5. The third kappa shape index (κ3) is 7.14. The van der Waals surface area contributed by atoms with Crippen LogP contribution in [0.25, 0.3) is 20.8 Å². The van der Waals surface area contributed by atoms with Gasteiger partial charge in [-0.15, -0.1) is 11.3 Å². The summed E-state index contributed by atoms with van der Waals surface area (Å²) in [6, 6.07) is 20.5. The molecule has 0 unspecified atom stereocenters. The number of para-hydroxylation sites is 1. The fourth-order valence-electron chi connectivity index (χ4n) is 4.99. The van der Waals surface area contributed by atoms with Gasteiger partial charge in [0.05, 0.1) is 33.9 Å². The third-order valence-corrected chi connectivity index (χ3v) is 8.99. The molecule has 1 fully saturated rings. The number of pyridine rings is 2. The van der Waals surface area contributed by atoms with Crippen LogP contribution in [0.15, 0.2) is 85.2 Å². The van der Waals surface area contributed by atoms with E-state index in [1.54, 1.807) is 24.5 Å². The number of benzene rings is 2. The number of thiocarbonyl (C=S) groups is 1. The number of amides is 3. The van der Waals surface area contributed by atoms with Crippen molar-refractivity contribution in [2.75, 3.05) is 43.6 Å². The van der Waals surface area contributed by atoms with Crippen LogP contribution in [0.5, 0.6) is 11.5 Å². The second-order valence-corrected chi connectivity index (χ2v) is 11.9. The van der Waals surface area contributed by atoms with Crippen molar-refractivity contribution in [2.45, 2.75) is 6.54 Å². The summed E-state index contributed by atoms with van der Waals surface area (Å²) >= 11 is 6.92. The smallest absolute Gasteiger partial charge is 0.407 e. The first-order valence-corrected chi connectivity index (χ1v) is 15.8. The monoisotopic (exact) mass is 672 g/mol. The van der Waals surface area contributed by atoms with E-state index in [9.17, 15) is 14.7 Å². The average molecular weight is 673 g/mol. The highest BCUT2D eigenvalue weighted by Gasteiger charge is 2.30. The van der Waals surface area contributed by atoms with Gasteiger partial charge in [0.1, 0.15) is 5.75 Å². The first-order chi connectivity index (χ1) is 22.8. The number of aromatic nitrogens is 2. The van der Waals surface area contributed by atoms with Crippen LogP contribution in [0.1, 0.15) is 5.56 Å². The zero-order valence-corrected chi connectivity index (χ0v) is 26.8. The van der Waals surface area contributed by atoms with Crippen molar-refractivity contribution in [3.63, 3.8) is 0 Å². The second-order valence-electron chi connectivity index (χ2n) is 10.5. The van der Waals surface area contributed by atoms with Gasteiger partial charge >= 0.3 is 12.1 Å². The number of fused-ring (bicyclic) bond motifs is 1. The molecule has 240 valence electrons. The highest BCUT2D eigenvalue weighted by molar-refractivity contribution is 7.80. The average Bonchev–Trinajstić information content (AvgIpc) is 3.69. The molecule has 2 aromatic carbocycles. The van der Waals surface area contributed by atoms with Crippen LogP contribution in [0, 0.1) is 5.82 Å². The minimum Gasteiger partial charge on any atom is -0.465 e. The number of hydrogen-bond donors (Lipinski definition) is 2. The Balaban J connectivity index is 1.13. The maximum absolute atomic E-state index is 15.2. The Labute approximate surface area is 278 Å². The molecule has 3 aromatic heterocycles. The van der Waals surface area contributed by atoms with Crippen LogP contribution in [0.4, 0.5) is 25.4 Å². The molecule has 4 heterocycles. The Hall–Kier alpha value is -5.18. The van der Waals surface area contributed by atoms with Gasteiger partial charge in [0, 0.05) is 62.6 Å². The maximum Gasteiger partial charge on any atom is 0.407 e. The number of ether oxygens (including phenoxy) is 2. The van der Waals surface area contributed by atoms with E-state index in [2.05, 4.69) is 15.3 Å². The lowest BCUT2D eigenvalue weighted by molar-refractivity contribution is 0.115. The Bertz CT molecular complexity index is 1920. The van der Waals surface area contributed by atoms with E-state index in [-0.39, 0.29) is 24.5 Å². The SMILES string of the molecule is COCCN(Cc1ccc(-c2cc3nccc(Oc4ccc(NC(=O)N5CCN(c6ccccc6)C5=S)cc4F)c3s2)nc1)C(=O)O. The first-order valence-electron chi connectivity index (χ1n) is 14.5. The molecule has 1 saturated heterocycles. The van der Waals surface area contributed by atoms with Crippen molar-refractivity contribution in [1.82, 2.24) is 19.8 Å². The Morgan fingerprint density at radius 3 is 2.62 bits per heavy atom. The molecule has 1 aliphatic rings. The van der Waals surface area contributed by atoms with Crippen LogP contribution < -0.4 is 15.0 Å². The van der Waals surface area contributed by atoms with E-state index >= 15 is 4.39 Å². The molecule has 47 heavy (non-hydrogen) atoms. The molecule has 1 aliphatic heterocycles. The van der Waals surface area contributed by atoms with Crippen molar-refractivity contribution in [3.8, 4) is 22.1 Å². The molecular weight excluding hydrogens is 644 g/mol. The quantitative estimate of drug-likeness (QED) is 0.150. The van der Waals surface area contributed by atoms with E-state index in [1.807, 2.05) is 53.4 Å². The molecule has 0 radical (unpaired) electrons. The van der Waals surface area contributed by atoms with Gasteiger partial charge < -0.3 is 29.7 Å². The molecule has 0 bridgehead atoms. The number of thiophene rings is 1. The third-order valence-electron chi connectivity index (χ3n) is 7.39. The summed E-state index contributed by atoms with van der Waals surface area (Å²) in [5.74, 6) is -0.258. The zero-order chi connectivity index (χ0) is 32.9. The predicted octanol–water partition coefficient (Wildman–Crippen LogP) is 7.06. The van der Waals surface area contributed by atoms with E-state index in [4.69, 9.17) is 21.7 Å². The van der Waals surface area contributed by atoms with Crippen LogP contribution in [0.2, 0.25) is 0 Å². The van der Waals surface area contributed by atoms with Gasteiger partial charge in [0.2, 0.25) is 0 Å². The fourth-order valence-corrected chi connectivity index (χ4v) is 6.41. The summed E-state index contributed by atoms with van der Waals surface area (Å²) in [6.07, 6.45) is 2.18. The minimum absolute atomic E-state index is 0.0173. The number of nitrogens with one attached hydrogen (secondary N) is 1. The van der Waals surface area contributed by atoms with Crippen molar-refractivity contribution in [3.05, 3.63) is 96.6 Å². The number of halogens is 1. The second kappa shape index (κ2) is 14.1. The Morgan fingerprint density at radius 2 is 1.89 bits per heavy atom. The Morgan fingerprint density at radius 1 is 1.06 bits per heavy atom. The molecule has 5 aromatic rings. The number of carbonyl (C=O) groups excluding carboxylic acids is 1. The largest absolute Gasteiger partial charge is 0.465 e. The highest BCUT2D eigenvalue weighted by atomic mass is 32.1. The predicted molar refractivity (Wildman–Crippen MR) is 182 cm³/mol. The molecule has 14 heteroatoms. The van der Waals surface area contributed by atoms with Gasteiger partial charge in [0.15, 0.2) is 16.7 Å². The number of anilines is 2. The number of nitrogens with zero attached hydrogens (tertiary/aromatic N) is 5. The summed E-state index contributed by atoms with van der Waals surface area (Å²) in [5.41, 5.74) is 3.23. The van der Waals surface area contributed by atoms with Gasteiger partial charge in [-0.1, -0.05) is 24.3 Å². The zero-order valence-electron chi connectivity index (χ0n) is 25.1. The number of urea groups is 1. The van der Waals surface area contributed by atoms with Gasteiger partial charge in [-0.05, 0) is 54.2 Å². The summed E-state index contributed by atoms with van der Waals surface area (Å²) in [7, 11) is 1.52. The summed E-state index contributed by atoms with van der Waals surface area (Å²) < 4.78 is 26.9. The summed E-state index contributed by atoms with van der Waals surface area (Å²) in [4.78, 5) is 38.9. The van der Waals surface area contributed by atoms with Gasteiger partial charge in [0.25, 0.3) is 0 Å². The lowest BCUT2D eigenvalue weighted by atomic mass is 10.2.